The minimum atomic E-state index is -4.86. The van der Waals surface area contributed by atoms with E-state index < -0.39 is 47.4 Å². The van der Waals surface area contributed by atoms with Gasteiger partial charge in [0.05, 0.1) is 11.1 Å². The quantitative estimate of drug-likeness (QED) is 0.752. The zero-order valence-electron chi connectivity index (χ0n) is 12.5. The summed E-state index contributed by atoms with van der Waals surface area (Å²) in [6.07, 6.45) is -11.5. The van der Waals surface area contributed by atoms with Gasteiger partial charge in [0.1, 0.15) is 18.1 Å². The van der Waals surface area contributed by atoms with Crippen molar-refractivity contribution < 1.29 is 35.8 Å². The number of halogens is 7. The van der Waals surface area contributed by atoms with Gasteiger partial charge in [-0.05, 0) is 31.0 Å². The Hall–Kier alpha value is -2.03. The largest absolute Gasteiger partial charge is 0.418 e. The normalized spacial score (nSPS) is 20.8. The zero-order chi connectivity index (χ0) is 18.5. The summed E-state index contributed by atoms with van der Waals surface area (Å²) in [5.74, 6) is -1.18. The number of alkyl halides is 6. The molecule has 3 rings (SSSR count). The summed E-state index contributed by atoms with van der Waals surface area (Å²) in [4.78, 5) is 0. The van der Waals surface area contributed by atoms with E-state index in [9.17, 15) is 35.8 Å². The van der Waals surface area contributed by atoms with E-state index in [1.165, 1.54) is 0 Å². The maximum absolute atomic E-state index is 13.7. The highest BCUT2D eigenvalue weighted by atomic mass is 19.4. The molecule has 1 aromatic carbocycles. The first kappa shape index (κ1) is 17.8. The van der Waals surface area contributed by atoms with E-state index in [-0.39, 0.29) is 24.2 Å². The molecule has 9 heteroatoms. The summed E-state index contributed by atoms with van der Waals surface area (Å²) in [6, 6.07) is 2.53. The van der Waals surface area contributed by atoms with Crippen molar-refractivity contribution in [3.05, 3.63) is 52.6 Å². The van der Waals surface area contributed by atoms with Gasteiger partial charge in [-0.1, -0.05) is 0 Å². The smallest absolute Gasteiger partial charge is 0.385 e. The molecule has 1 aliphatic rings. The molecule has 1 aromatic heterocycles. The van der Waals surface area contributed by atoms with Crippen LogP contribution < -0.4 is 0 Å². The monoisotopic (exact) mass is 367 g/mol. The van der Waals surface area contributed by atoms with Gasteiger partial charge < -0.3 is 9.67 Å². The second-order valence-corrected chi connectivity index (χ2v) is 5.78. The van der Waals surface area contributed by atoms with Crippen LogP contribution in [0, 0.1) is 5.82 Å². The molecule has 0 aliphatic heterocycles. The summed E-state index contributed by atoms with van der Waals surface area (Å²) >= 11 is 0. The summed E-state index contributed by atoms with van der Waals surface area (Å²) < 4.78 is 93.5. The SMILES string of the molecule is O[C@H]1c2c(C(F)(F)F)cn(-c3ccc(F)c(C(F)F)c3)c2CC[C@H]1F. The molecule has 136 valence electrons. The molecule has 0 fully saturated rings. The van der Waals surface area contributed by atoms with Crippen LogP contribution in [0.5, 0.6) is 0 Å². The average molecular weight is 367 g/mol. The van der Waals surface area contributed by atoms with Crippen molar-refractivity contribution in [2.75, 3.05) is 0 Å². The molecule has 0 unspecified atom stereocenters. The molecule has 0 saturated heterocycles. The number of aromatic nitrogens is 1. The predicted octanol–water partition coefficient (Wildman–Crippen LogP) is 4.89. The minimum Gasteiger partial charge on any atom is -0.385 e. The van der Waals surface area contributed by atoms with Crippen LogP contribution in [-0.2, 0) is 12.6 Å². The lowest BCUT2D eigenvalue weighted by molar-refractivity contribution is -0.139. The number of aliphatic hydroxyl groups is 1. The maximum Gasteiger partial charge on any atom is 0.418 e. The Morgan fingerprint density at radius 2 is 1.88 bits per heavy atom. The average Bonchev–Trinajstić information content (AvgIpc) is 2.91. The lowest BCUT2D eigenvalue weighted by atomic mass is 9.90. The van der Waals surface area contributed by atoms with Gasteiger partial charge in [-0.25, -0.2) is 17.6 Å². The van der Waals surface area contributed by atoms with Gasteiger partial charge in [0.25, 0.3) is 6.43 Å². The Morgan fingerprint density at radius 1 is 1.20 bits per heavy atom. The third-order valence-corrected chi connectivity index (χ3v) is 4.24. The van der Waals surface area contributed by atoms with Gasteiger partial charge in [-0.2, -0.15) is 13.2 Å². The van der Waals surface area contributed by atoms with E-state index >= 15 is 0 Å². The van der Waals surface area contributed by atoms with Crippen LogP contribution in [0.4, 0.5) is 30.7 Å². The van der Waals surface area contributed by atoms with Gasteiger partial charge in [0.2, 0.25) is 0 Å². The second kappa shape index (κ2) is 6.05. The van der Waals surface area contributed by atoms with Crippen LogP contribution >= 0.6 is 0 Å². The van der Waals surface area contributed by atoms with E-state index in [0.717, 1.165) is 22.8 Å². The lowest BCUT2D eigenvalue weighted by Crippen LogP contribution is -2.24. The number of nitrogens with zero attached hydrogens (tertiary/aromatic N) is 1. The van der Waals surface area contributed by atoms with Gasteiger partial charge in [-0.15, -0.1) is 0 Å². The minimum absolute atomic E-state index is 0.0273. The van der Waals surface area contributed by atoms with Crippen LogP contribution in [0.25, 0.3) is 5.69 Å². The first-order valence-electron chi connectivity index (χ1n) is 7.32. The summed E-state index contributed by atoms with van der Waals surface area (Å²) in [5, 5.41) is 9.85. The van der Waals surface area contributed by atoms with Crippen molar-refractivity contribution in [2.24, 2.45) is 0 Å². The first-order chi connectivity index (χ1) is 11.6. The summed E-state index contributed by atoms with van der Waals surface area (Å²) in [6.45, 7) is 0. The molecule has 2 aromatic rings. The third-order valence-electron chi connectivity index (χ3n) is 4.24. The Labute approximate surface area is 137 Å². The molecular weight excluding hydrogens is 355 g/mol. The number of hydrogen-bond donors (Lipinski definition) is 1. The van der Waals surface area contributed by atoms with Gasteiger partial charge >= 0.3 is 6.18 Å². The van der Waals surface area contributed by atoms with Gasteiger partial charge in [-0.3, -0.25) is 0 Å². The highest BCUT2D eigenvalue weighted by Gasteiger charge is 2.43. The van der Waals surface area contributed by atoms with E-state index in [1.807, 2.05) is 0 Å². The molecule has 2 atom stereocenters. The lowest BCUT2D eigenvalue weighted by Gasteiger charge is -2.25. The highest BCUT2D eigenvalue weighted by molar-refractivity contribution is 5.47. The Bertz CT molecular complexity index is 797. The molecule has 1 heterocycles. The molecule has 0 amide bonds. The molecule has 2 nitrogen and oxygen atoms in total. The van der Waals surface area contributed by atoms with Crippen molar-refractivity contribution in [1.29, 1.82) is 0 Å². The van der Waals surface area contributed by atoms with Crippen LogP contribution in [0.2, 0.25) is 0 Å². The fourth-order valence-electron chi connectivity index (χ4n) is 3.06. The maximum atomic E-state index is 13.7. The van der Waals surface area contributed by atoms with Gasteiger partial charge in [0, 0.05) is 23.1 Å². The van der Waals surface area contributed by atoms with E-state index in [1.54, 1.807) is 0 Å². The molecular formula is C16H12F7NO. The third kappa shape index (κ3) is 3.01. The number of aliphatic hydroxyl groups excluding tert-OH is 1. The van der Waals surface area contributed by atoms with E-state index in [4.69, 9.17) is 0 Å². The molecule has 1 N–H and O–H groups in total. The fourth-order valence-corrected chi connectivity index (χ4v) is 3.06. The number of rotatable bonds is 2. The topological polar surface area (TPSA) is 25.2 Å². The Balaban J connectivity index is 2.22. The zero-order valence-corrected chi connectivity index (χ0v) is 12.5. The Morgan fingerprint density at radius 3 is 2.48 bits per heavy atom. The van der Waals surface area contributed by atoms with Crippen molar-refractivity contribution in [2.45, 2.75) is 37.7 Å². The number of fused-ring (bicyclic) bond motifs is 1. The predicted molar refractivity (Wildman–Crippen MR) is 73.9 cm³/mol. The van der Waals surface area contributed by atoms with Crippen LogP contribution in [-0.4, -0.2) is 15.8 Å². The van der Waals surface area contributed by atoms with Crippen LogP contribution in [0.3, 0.4) is 0 Å². The molecule has 0 spiro atoms. The van der Waals surface area contributed by atoms with Crippen LogP contribution in [0.15, 0.2) is 24.4 Å². The molecule has 0 saturated carbocycles. The van der Waals surface area contributed by atoms with E-state index in [2.05, 4.69) is 0 Å². The summed E-state index contributed by atoms with van der Waals surface area (Å²) in [7, 11) is 0. The first-order valence-corrected chi connectivity index (χ1v) is 7.32. The van der Waals surface area contributed by atoms with Crippen LogP contribution in [0.1, 0.15) is 41.3 Å². The van der Waals surface area contributed by atoms with Crippen molar-refractivity contribution >= 4 is 0 Å². The molecule has 25 heavy (non-hydrogen) atoms. The fraction of sp³-hybridized carbons (Fsp3) is 0.375. The van der Waals surface area contributed by atoms with Crippen molar-refractivity contribution in [3.63, 3.8) is 0 Å². The molecule has 0 radical (unpaired) electrons. The molecule has 0 bridgehead atoms. The Kier molecular flexibility index (Phi) is 4.30. The molecule has 1 aliphatic carbocycles. The van der Waals surface area contributed by atoms with Crippen molar-refractivity contribution in [1.82, 2.24) is 4.57 Å². The van der Waals surface area contributed by atoms with E-state index in [0.29, 0.717) is 6.20 Å². The number of benzene rings is 1. The second-order valence-electron chi connectivity index (χ2n) is 5.78. The standard InChI is InChI=1S/C16H12F7NO/c17-10-2-1-7(5-8(10)15(19)20)24-6-9(16(21,22)23)13-12(24)4-3-11(18)14(13)25/h1-2,5-6,11,14-15,25H,3-4H2/t11-,14-/m1/s1. The van der Waals surface area contributed by atoms with Crippen molar-refractivity contribution in [3.8, 4) is 5.69 Å². The van der Waals surface area contributed by atoms with Gasteiger partial charge in [0.15, 0.2) is 0 Å². The number of hydrogen-bond acceptors (Lipinski definition) is 1. The highest BCUT2D eigenvalue weighted by Crippen LogP contribution is 2.43. The summed E-state index contributed by atoms with van der Waals surface area (Å²) in [5.41, 5.74) is -2.93.